The Balaban J connectivity index is 1.56. The van der Waals surface area contributed by atoms with Gasteiger partial charge in [0.15, 0.2) is 0 Å². The molecule has 0 saturated carbocycles. The number of amides is 1. The first kappa shape index (κ1) is 20.5. The summed E-state index contributed by atoms with van der Waals surface area (Å²) in [5, 5.41) is 4.02. The molecule has 1 aliphatic rings. The van der Waals surface area contributed by atoms with Crippen molar-refractivity contribution in [2.45, 2.75) is 36.5 Å². The summed E-state index contributed by atoms with van der Waals surface area (Å²) in [6.45, 7) is 0.0492. The second-order valence-corrected chi connectivity index (χ2v) is 7.84. The van der Waals surface area contributed by atoms with Gasteiger partial charge in [-0.05, 0) is 54.6 Å². The Kier molecular flexibility index (Phi) is 5.55. The van der Waals surface area contributed by atoms with Crippen molar-refractivity contribution in [1.82, 2.24) is 15.0 Å². The van der Waals surface area contributed by atoms with Gasteiger partial charge in [0.05, 0.1) is 5.56 Å². The van der Waals surface area contributed by atoms with Crippen LogP contribution < -0.4 is 0 Å². The van der Waals surface area contributed by atoms with Gasteiger partial charge in [-0.1, -0.05) is 17.3 Å². The highest BCUT2D eigenvalue weighted by molar-refractivity contribution is 7.98. The van der Waals surface area contributed by atoms with E-state index >= 15 is 0 Å². The van der Waals surface area contributed by atoms with Crippen LogP contribution >= 0.6 is 11.8 Å². The van der Waals surface area contributed by atoms with Crippen molar-refractivity contribution in [3.8, 4) is 11.4 Å². The van der Waals surface area contributed by atoms with E-state index in [2.05, 4.69) is 10.1 Å². The number of benzene rings is 2. The van der Waals surface area contributed by atoms with E-state index in [4.69, 9.17) is 4.52 Å². The van der Waals surface area contributed by atoms with E-state index in [-0.39, 0.29) is 24.8 Å². The minimum Gasteiger partial charge on any atom is -0.337 e. The topological polar surface area (TPSA) is 59.2 Å². The average Bonchev–Trinajstić information content (AvgIpc) is 3.35. The van der Waals surface area contributed by atoms with Crippen LogP contribution in [-0.4, -0.2) is 27.2 Å². The van der Waals surface area contributed by atoms with Crippen molar-refractivity contribution in [2.75, 3.05) is 6.26 Å². The Hall–Kier alpha value is -2.81. The van der Waals surface area contributed by atoms with Gasteiger partial charge in [0.2, 0.25) is 17.6 Å². The average molecular weight is 433 g/mol. The van der Waals surface area contributed by atoms with Gasteiger partial charge in [0, 0.05) is 23.4 Å². The third kappa shape index (κ3) is 4.21. The van der Waals surface area contributed by atoms with Crippen LogP contribution in [0.3, 0.4) is 0 Å². The number of alkyl halides is 3. The molecule has 3 aromatic rings. The number of hydrogen-bond donors (Lipinski definition) is 0. The first-order valence-electron chi connectivity index (χ1n) is 9.29. The number of carbonyl (C=O) groups is 1. The number of hydrogen-bond acceptors (Lipinski definition) is 5. The van der Waals surface area contributed by atoms with Crippen molar-refractivity contribution < 1.29 is 22.5 Å². The van der Waals surface area contributed by atoms with Gasteiger partial charge in [-0.2, -0.15) is 18.2 Å². The monoisotopic (exact) mass is 433 g/mol. The Morgan fingerprint density at radius 3 is 2.67 bits per heavy atom. The number of rotatable bonds is 5. The molecule has 30 heavy (non-hydrogen) atoms. The van der Waals surface area contributed by atoms with Gasteiger partial charge in [-0.3, -0.25) is 4.79 Å². The van der Waals surface area contributed by atoms with Crippen LogP contribution in [0, 0.1) is 0 Å². The fraction of sp³-hybridized carbons (Fsp3) is 0.286. The zero-order chi connectivity index (χ0) is 21.3. The Labute approximate surface area is 175 Å². The van der Waals surface area contributed by atoms with Crippen LogP contribution in [0.25, 0.3) is 11.4 Å². The van der Waals surface area contributed by atoms with Crippen molar-refractivity contribution >= 4 is 17.7 Å². The smallest absolute Gasteiger partial charge is 0.337 e. The van der Waals surface area contributed by atoms with Crippen LogP contribution in [0.2, 0.25) is 0 Å². The molecule has 0 aliphatic carbocycles. The lowest BCUT2D eigenvalue weighted by Gasteiger charge is -2.22. The predicted octanol–water partition coefficient (Wildman–Crippen LogP) is 5.34. The normalized spacial score (nSPS) is 17.0. The molecule has 1 amide bonds. The Morgan fingerprint density at radius 1 is 1.20 bits per heavy atom. The summed E-state index contributed by atoms with van der Waals surface area (Å²) in [5.74, 6) is 0.550. The maximum atomic E-state index is 13.0. The molecule has 0 spiro atoms. The second kappa shape index (κ2) is 8.14. The molecule has 2 aromatic carbocycles. The van der Waals surface area contributed by atoms with E-state index in [0.717, 1.165) is 22.6 Å². The fourth-order valence-corrected chi connectivity index (χ4v) is 3.87. The molecule has 0 bridgehead atoms. The van der Waals surface area contributed by atoms with Crippen LogP contribution in [0.5, 0.6) is 0 Å². The van der Waals surface area contributed by atoms with Gasteiger partial charge in [0.1, 0.15) is 6.04 Å². The summed E-state index contributed by atoms with van der Waals surface area (Å²) in [6, 6.07) is 12.2. The third-order valence-electron chi connectivity index (χ3n) is 5.01. The molecule has 2 heterocycles. The number of thioether (sulfide) groups is 1. The predicted molar refractivity (Wildman–Crippen MR) is 105 cm³/mol. The van der Waals surface area contributed by atoms with Gasteiger partial charge in [-0.15, -0.1) is 11.8 Å². The SMILES string of the molecule is CSc1ccc(-c2noc(C3CCC(=O)N3Cc3cccc(C(F)(F)F)c3)n2)cc1. The van der Waals surface area contributed by atoms with Crippen molar-refractivity contribution in [2.24, 2.45) is 0 Å². The molecule has 5 nitrogen and oxygen atoms in total. The first-order chi connectivity index (χ1) is 14.3. The summed E-state index contributed by atoms with van der Waals surface area (Å²) in [6.07, 6.45) is -1.69. The van der Waals surface area contributed by atoms with Gasteiger partial charge >= 0.3 is 6.18 Å². The highest BCUT2D eigenvalue weighted by Gasteiger charge is 2.36. The number of halogens is 3. The molecular formula is C21H18F3N3O2S. The van der Waals surface area contributed by atoms with Gasteiger partial charge < -0.3 is 9.42 Å². The quantitative estimate of drug-likeness (QED) is 0.508. The molecule has 9 heteroatoms. The maximum Gasteiger partial charge on any atom is 0.416 e. The largest absolute Gasteiger partial charge is 0.416 e. The zero-order valence-corrected chi connectivity index (χ0v) is 16.8. The summed E-state index contributed by atoms with van der Waals surface area (Å²) < 4.78 is 44.4. The van der Waals surface area contributed by atoms with E-state index < -0.39 is 17.8 Å². The number of likely N-dealkylation sites (tertiary alicyclic amines) is 1. The summed E-state index contributed by atoms with van der Waals surface area (Å²) in [5.41, 5.74) is 0.450. The minimum absolute atomic E-state index is 0.0492. The lowest BCUT2D eigenvalue weighted by molar-refractivity contribution is -0.137. The van der Waals surface area contributed by atoms with Crippen LogP contribution in [0.15, 0.2) is 57.9 Å². The highest BCUT2D eigenvalue weighted by Crippen LogP contribution is 2.35. The van der Waals surface area contributed by atoms with E-state index in [9.17, 15) is 18.0 Å². The molecule has 4 rings (SSSR count). The molecule has 1 aromatic heterocycles. The molecule has 0 radical (unpaired) electrons. The van der Waals surface area contributed by atoms with E-state index in [1.54, 1.807) is 17.8 Å². The molecular weight excluding hydrogens is 415 g/mol. The third-order valence-corrected chi connectivity index (χ3v) is 5.75. The molecule has 156 valence electrons. The molecule has 1 unspecified atom stereocenters. The lowest BCUT2D eigenvalue weighted by atomic mass is 10.1. The van der Waals surface area contributed by atoms with Crippen LogP contribution in [0.4, 0.5) is 13.2 Å². The standard InChI is InChI=1S/C21H18F3N3O2S/c1-30-16-7-5-14(6-8-16)19-25-20(29-26-19)17-9-10-18(28)27(17)12-13-3-2-4-15(11-13)21(22,23)24/h2-8,11,17H,9-10,12H2,1H3. The second-order valence-electron chi connectivity index (χ2n) is 6.96. The molecule has 1 aliphatic heterocycles. The molecule has 1 atom stereocenters. The Morgan fingerprint density at radius 2 is 1.97 bits per heavy atom. The van der Waals surface area contributed by atoms with Crippen LogP contribution in [0.1, 0.15) is 35.9 Å². The summed E-state index contributed by atoms with van der Waals surface area (Å²) in [4.78, 5) is 19.5. The molecule has 0 N–H and O–H groups in total. The number of carbonyl (C=O) groups excluding carboxylic acids is 1. The zero-order valence-electron chi connectivity index (χ0n) is 16.0. The molecule has 1 fully saturated rings. The number of nitrogens with zero attached hydrogens (tertiary/aromatic N) is 3. The number of aromatic nitrogens is 2. The summed E-state index contributed by atoms with van der Waals surface area (Å²) in [7, 11) is 0. The highest BCUT2D eigenvalue weighted by atomic mass is 32.2. The van der Waals surface area contributed by atoms with Gasteiger partial charge in [0.25, 0.3) is 0 Å². The van der Waals surface area contributed by atoms with Crippen molar-refractivity contribution in [3.05, 3.63) is 65.5 Å². The van der Waals surface area contributed by atoms with Gasteiger partial charge in [-0.25, -0.2) is 0 Å². The molecule has 1 saturated heterocycles. The minimum atomic E-state index is -4.43. The van der Waals surface area contributed by atoms with E-state index in [0.29, 0.717) is 17.8 Å². The lowest BCUT2D eigenvalue weighted by Crippen LogP contribution is -2.27. The van der Waals surface area contributed by atoms with E-state index in [1.807, 2.05) is 30.5 Å². The van der Waals surface area contributed by atoms with Crippen LogP contribution in [-0.2, 0) is 17.5 Å². The Bertz CT molecular complexity index is 1050. The maximum absolute atomic E-state index is 13.0. The van der Waals surface area contributed by atoms with E-state index in [1.165, 1.54) is 11.0 Å². The van der Waals surface area contributed by atoms with Crippen molar-refractivity contribution in [1.29, 1.82) is 0 Å². The summed E-state index contributed by atoms with van der Waals surface area (Å²) >= 11 is 1.62. The van der Waals surface area contributed by atoms with Crippen molar-refractivity contribution in [3.63, 3.8) is 0 Å². The first-order valence-corrected chi connectivity index (χ1v) is 10.5. The fourth-order valence-electron chi connectivity index (χ4n) is 3.46.